The van der Waals surface area contributed by atoms with E-state index in [1.807, 2.05) is 5.38 Å². The number of hydrogen-bond acceptors (Lipinski definition) is 8. The van der Waals surface area contributed by atoms with Crippen molar-refractivity contribution in [2.24, 2.45) is 5.16 Å². The Balaban J connectivity index is 1.52. The van der Waals surface area contributed by atoms with Gasteiger partial charge in [0.1, 0.15) is 5.71 Å². The molecule has 8 nitrogen and oxygen atoms in total. The van der Waals surface area contributed by atoms with Crippen LogP contribution in [0.3, 0.4) is 0 Å². The Hall–Kier alpha value is -1.55. The maximum absolute atomic E-state index is 12.2. The largest absolute Gasteiger partial charge is 0.394 e. The highest BCUT2D eigenvalue weighted by Crippen LogP contribution is 2.33. The molecule has 1 spiro atoms. The van der Waals surface area contributed by atoms with Crippen LogP contribution in [-0.4, -0.2) is 69.7 Å². The quantitative estimate of drug-likeness (QED) is 0.649. The van der Waals surface area contributed by atoms with Crippen LogP contribution in [0.2, 0.25) is 0 Å². The van der Waals surface area contributed by atoms with E-state index in [-0.39, 0.29) is 12.5 Å². The van der Waals surface area contributed by atoms with Gasteiger partial charge in [0.2, 0.25) is 0 Å². The van der Waals surface area contributed by atoms with Crippen molar-refractivity contribution in [3.05, 3.63) is 16.6 Å². The van der Waals surface area contributed by atoms with Gasteiger partial charge in [0, 0.05) is 24.9 Å². The molecule has 0 radical (unpaired) electrons. The minimum atomic E-state index is -0.761. The predicted octanol–water partition coefficient (Wildman–Crippen LogP) is -0.277. The van der Waals surface area contributed by atoms with Crippen molar-refractivity contribution < 1.29 is 19.8 Å². The van der Waals surface area contributed by atoms with E-state index in [1.165, 1.54) is 11.3 Å². The maximum atomic E-state index is 12.2. The van der Waals surface area contributed by atoms with Crippen molar-refractivity contribution in [3.8, 4) is 0 Å². The van der Waals surface area contributed by atoms with Crippen LogP contribution in [-0.2, 0) is 16.2 Å². The molecular weight excluding hydrogens is 332 g/mol. The van der Waals surface area contributed by atoms with E-state index in [1.54, 1.807) is 5.51 Å². The molecule has 24 heavy (non-hydrogen) atoms. The molecular formula is C15H22N4O4S. The van der Waals surface area contributed by atoms with Crippen LogP contribution in [0.25, 0.3) is 0 Å². The molecule has 3 heterocycles. The number of β-amino-alcohol motifs (C(OH)–C–C–N with tert-alkyl or cyclic N) is 1. The lowest BCUT2D eigenvalue weighted by Gasteiger charge is -2.38. The first-order valence-corrected chi connectivity index (χ1v) is 8.96. The number of aromatic nitrogens is 1. The minimum absolute atomic E-state index is 0.229. The summed E-state index contributed by atoms with van der Waals surface area (Å²) in [4.78, 5) is 24.0. The summed E-state index contributed by atoms with van der Waals surface area (Å²) in [5.74, 6) is -0.229. The summed E-state index contributed by atoms with van der Waals surface area (Å²) < 4.78 is 0. The molecule has 1 aromatic heterocycles. The van der Waals surface area contributed by atoms with Gasteiger partial charge in [-0.1, -0.05) is 5.16 Å². The molecule has 0 aromatic carbocycles. The van der Waals surface area contributed by atoms with Gasteiger partial charge in [-0.05, 0) is 19.4 Å². The molecule has 2 aliphatic rings. The lowest BCUT2D eigenvalue weighted by molar-refractivity contribution is -0.115. The fourth-order valence-corrected chi connectivity index (χ4v) is 3.72. The molecule has 2 aliphatic heterocycles. The molecule has 3 rings (SSSR count). The van der Waals surface area contributed by atoms with E-state index < -0.39 is 11.7 Å². The summed E-state index contributed by atoms with van der Waals surface area (Å²) in [6, 6.07) is 0. The zero-order chi connectivity index (χ0) is 17.0. The van der Waals surface area contributed by atoms with E-state index in [2.05, 4.69) is 20.4 Å². The number of aliphatic hydroxyl groups excluding tert-OH is 2. The third kappa shape index (κ3) is 4.10. The van der Waals surface area contributed by atoms with Gasteiger partial charge in [0.15, 0.2) is 5.60 Å². The summed E-state index contributed by atoms with van der Waals surface area (Å²) in [5, 5.41) is 27.3. The Morgan fingerprint density at radius 2 is 2.46 bits per heavy atom. The van der Waals surface area contributed by atoms with Crippen LogP contribution in [0.4, 0.5) is 0 Å². The first-order chi connectivity index (χ1) is 11.6. The number of nitrogens with zero attached hydrogens (tertiary/aromatic N) is 3. The number of carbonyl (C=O) groups excluding carboxylic acids is 1. The van der Waals surface area contributed by atoms with E-state index in [9.17, 15) is 9.90 Å². The van der Waals surface area contributed by atoms with Crippen LogP contribution in [0.5, 0.6) is 0 Å². The zero-order valence-corrected chi connectivity index (χ0v) is 14.2. The van der Waals surface area contributed by atoms with Crippen LogP contribution in [0.15, 0.2) is 16.0 Å². The third-order valence-electron chi connectivity index (χ3n) is 4.31. The van der Waals surface area contributed by atoms with Gasteiger partial charge in [-0.3, -0.25) is 9.69 Å². The van der Waals surface area contributed by atoms with Crippen LogP contribution < -0.4 is 5.32 Å². The average Bonchev–Trinajstić information content (AvgIpc) is 3.23. The predicted molar refractivity (Wildman–Crippen MR) is 88.6 cm³/mol. The van der Waals surface area contributed by atoms with Gasteiger partial charge < -0.3 is 20.4 Å². The van der Waals surface area contributed by atoms with E-state index in [4.69, 9.17) is 9.94 Å². The molecule has 1 aromatic rings. The second-order valence-electron chi connectivity index (χ2n) is 6.33. The van der Waals surface area contributed by atoms with Crippen molar-refractivity contribution in [1.29, 1.82) is 0 Å². The lowest BCUT2D eigenvalue weighted by atomic mass is 9.88. The average molecular weight is 354 g/mol. The fraction of sp³-hybridized carbons (Fsp3) is 0.667. The highest BCUT2D eigenvalue weighted by atomic mass is 32.1. The lowest BCUT2D eigenvalue weighted by Crippen LogP contribution is -2.51. The van der Waals surface area contributed by atoms with Gasteiger partial charge >= 0.3 is 0 Å². The first-order valence-electron chi connectivity index (χ1n) is 8.02. The summed E-state index contributed by atoms with van der Waals surface area (Å²) in [6.07, 6.45) is 1.43. The van der Waals surface area contributed by atoms with Crippen molar-refractivity contribution >= 4 is 23.0 Å². The molecule has 0 aliphatic carbocycles. The maximum Gasteiger partial charge on any atom is 0.269 e. The highest BCUT2D eigenvalue weighted by molar-refractivity contribution is 7.07. The highest BCUT2D eigenvalue weighted by Gasteiger charge is 2.44. The Morgan fingerprint density at radius 1 is 1.58 bits per heavy atom. The first kappa shape index (κ1) is 17.3. The number of hydrogen-bond donors (Lipinski definition) is 3. The molecule has 2 unspecified atom stereocenters. The molecule has 1 saturated heterocycles. The van der Waals surface area contributed by atoms with Crippen molar-refractivity contribution in [1.82, 2.24) is 15.2 Å². The van der Waals surface area contributed by atoms with Gasteiger partial charge in [-0.2, -0.15) is 0 Å². The number of nitrogens with one attached hydrogen (secondary N) is 1. The smallest absolute Gasteiger partial charge is 0.269 e. The molecule has 0 bridgehead atoms. The Morgan fingerprint density at radius 3 is 3.21 bits per heavy atom. The number of carbonyl (C=O) groups is 1. The van der Waals surface area contributed by atoms with Gasteiger partial charge in [-0.25, -0.2) is 4.98 Å². The Labute approximate surface area is 144 Å². The molecule has 1 amide bonds. The second-order valence-corrected chi connectivity index (χ2v) is 7.05. The molecule has 3 N–H and O–H groups in total. The van der Waals surface area contributed by atoms with E-state index in [0.717, 1.165) is 25.1 Å². The minimum Gasteiger partial charge on any atom is -0.394 e. The number of likely N-dealkylation sites (tertiary alicyclic amines) is 1. The van der Waals surface area contributed by atoms with E-state index >= 15 is 0 Å². The molecule has 1 fully saturated rings. The molecule has 9 heteroatoms. The van der Waals surface area contributed by atoms with Crippen LogP contribution >= 0.6 is 11.3 Å². The Bertz CT molecular complexity index is 594. The summed E-state index contributed by atoms with van der Waals surface area (Å²) >= 11 is 1.49. The number of rotatable bonds is 6. The number of aliphatic hydroxyl groups is 2. The monoisotopic (exact) mass is 354 g/mol. The normalized spacial score (nSPS) is 25.3. The number of oxime groups is 1. The second kappa shape index (κ2) is 7.56. The summed E-state index contributed by atoms with van der Waals surface area (Å²) in [6.45, 7) is 1.95. The molecule has 132 valence electrons. The molecule has 2 atom stereocenters. The van der Waals surface area contributed by atoms with Gasteiger partial charge in [0.05, 0.1) is 30.5 Å². The SMILES string of the molecule is O=C(NCc1cscn1)C1=NOC2(CCCN(CC(O)CO)C2)C1. The fourth-order valence-electron chi connectivity index (χ4n) is 3.16. The zero-order valence-electron chi connectivity index (χ0n) is 13.3. The van der Waals surface area contributed by atoms with Crippen molar-refractivity contribution in [2.45, 2.75) is 37.5 Å². The van der Waals surface area contributed by atoms with Crippen LogP contribution in [0.1, 0.15) is 25.0 Å². The van der Waals surface area contributed by atoms with Gasteiger partial charge in [-0.15, -0.1) is 11.3 Å². The van der Waals surface area contributed by atoms with Crippen LogP contribution in [0, 0.1) is 0 Å². The van der Waals surface area contributed by atoms with E-state index in [0.29, 0.717) is 31.8 Å². The summed E-state index contributed by atoms with van der Waals surface area (Å²) in [5.41, 5.74) is 2.45. The number of amides is 1. The number of piperidine rings is 1. The van der Waals surface area contributed by atoms with Crippen molar-refractivity contribution in [2.75, 3.05) is 26.2 Å². The summed E-state index contributed by atoms with van der Waals surface area (Å²) in [7, 11) is 0. The standard InChI is InChI=1S/C15H22N4O4S/c20-7-12(21)6-19-3-1-2-15(9-19)4-13(18-23-15)14(22)16-5-11-8-24-10-17-11/h8,10,12,20-21H,1-7,9H2,(H,16,22). The topological polar surface area (TPSA) is 107 Å². The third-order valence-corrected chi connectivity index (χ3v) is 4.95. The Kier molecular flexibility index (Phi) is 5.44. The molecule has 0 saturated carbocycles. The number of thiazole rings is 1. The van der Waals surface area contributed by atoms with Gasteiger partial charge in [0.25, 0.3) is 5.91 Å². The van der Waals surface area contributed by atoms with Crippen molar-refractivity contribution in [3.63, 3.8) is 0 Å².